The van der Waals surface area contributed by atoms with Crippen molar-refractivity contribution in [2.45, 2.75) is 68.8 Å². The van der Waals surface area contributed by atoms with E-state index in [4.69, 9.17) is 9.84 Å². The summed E-state index contributed by atoms with van der Waals surface area (Å²) in [6.45, 7) is 5.06. The fourth-order valence-corrected chi connectivity index (χ4v) is 7.46. The van der Waals surface area contributed by atoms with E-state index >= 15 is 0 Å². The fourth-order valence-electron chi connectivity index (χ4n) is 4.61. The van der Waals surface area contributed by atoms with Crippen molar-refractivity contribution in [1.29, 1.82) is 0 Å². The van der Waals surface area contributed by atoms with Gasteiger partial charge in [0.15, 0.2) is 6.61 Å². The van der Waals surface area contributed by atoms with Gasteiger partial charge in [0.25, 0.3) is 5.91 Å². The van der Waals surface area contributed by atoms with Crippen LogP contribution in [0.4, 0.5) is 10.5 Å². The quantitative estimate of drug-likeness (QED) is 0.270. The van der Waals surface area contributed by atoms with Crippen LogP contribution in [-0.2, 0) is 14.8 Å². The minimum absolute atomic E-state index is 0.0359. The molecule has 1 aliphatic rings. The number of ether oxygens (including phenoxy) is 1. The van der Waals surface area contributed by atoms with Crippen LogP contribution >= 0.6 is 11.3 Å². The third-order valence-corrected chi connectivity index (χ3v) is 9.29. The maximum atomic E-state index is 13.5. The summed E-state index contributed by atoms with van der Waals surface area (Å²) in [6, 6.07) is 13.7. The van der Waals surface area contributed by atoms with Gasteiger partial charge in [-0.25, -0.2) is 22.9 Å². The molecule has 1 fully saturated rings. The van der Waals surface area contributed by atoms with Crippen molar-refractivity contribution in [2.24, 2.45) is 0 Å². The van der Waals surface area contributed by atoms with Crippen molar-refractivity contribution in [3.63, 3.8) is 0 Å². The smallest absolute Gasteiger partial charge is 0.404 e. The molecule has 1 aromatic heterocycles. The molecule has 1 heterocycles. The molecule has 1 saturated carbocycles. The first-order valence-corrected chi connectivity index (χ1v) is 15.3. The average Bonchev–Trinajstić information content (AvgIpc) is 3.37. The summed E-state index contributed by atoms with van der Waals surface area (Å²) in [4.78, 5) is 28.8. The van der Waals surface area contributed by atoms with Gasteiger partial charge in [-0.15, -0.1) is 11.3 Å². The molecule has 0 saturated heterocycles. The van der Waals surface area contributed by atoms with Crippen LogP contribution in [0.5, 0.6) is 5.75 Å². The molecular weight excluding hydrogens is 552 g/mol. The number of thiazole rings is 1. The molecule has 0 atom stereocenters. The lowest BCUT2D eigenvalue weighted by Gasteiger charge is -2.27. The van der Waals surface area contributed by atoms with E-state index in [1.54, 1.807) is 63.4 Å². The molecule has 1 aliphatic carbocycles. The summed E-state index contributed by atoms with van der Waals surface area (Å²) in [7, 11) is -3.96. The number of nitrogens with zero attached hydrogens (tertiary/aromatic N) is 1. The Morgan fingerprint density at radius 3 is 2.42 bits per heavy atom. The maximum absolute atomic E-state index is 13.5. The van der Waals surface area contributed by atoms with E-state index in [1.807, 2.05) is 6.07 Å². The summed E-state index contributed by atoms with van der Waals surface area (Å²) in [5, 5.41) is 15.1. The van der Waals surface area contributed by atoms with Crippen molar-refractivity contribution in [2.75, 3.05) is 11.9 Å². The van der Waals surface area contributed by atoms with Crippen molar-refractivity contribution in [3.8, 4) is 16.2 Å². The number of sulfonamides is 1. The number of carbonyl (C=O) groups excluding carboxylic acids is 1. The van der Waals surface area contributed by atoms with Crippen LogP contribution in [0.2, 0.25) is 0 Å². The van der Waals surface area contributed by atoms with Crippen LogP contribution in [0.25, 0.3) is 10.4 Å². The number of carbonyl (C=O) groups is 2. The van der Waals surface area contributed by atoms with Gasteiger partial charge in [-0.1, -0.05) is 24.3 Å². The van der Waals surface area contributed by atoms with Gasteiger partial charge in [-0.3, -0.25) is 4.79 Å². The minimum atomic E-state index is -3.96. The molecule has 214 valence electrons. The van der Waals surface area contributed by atoms with Gasteiger partial charge in [0.1, 0.15) is 5.75 Å². The van der Waals surface area contributed by atoms with Crippen LogP contribution in [0.3, 0.4) is 0 Å². The average molecular weight is 587 g/mol. The number of carboxylic acid groups (broad SMARTS) is 1. The zero-order valence-electron chi connectivity index (χ0n) is 22.6. The number of amides is 2. The van der Waals surface area contributed by atoms with E-state index in [1.165, 1.54) is 17.4 Å². The van der Waals surface area contributed by atoms with Crippen molar-refractivity contribution in [1.82, 2.24) is 15.0 Å². The van der Waals surface area contributed by atoms with Crippen LogP contribution in [0.1, 0.15) is 57.4 Å². The zero-order valence-corrected chi connectivity index (χ0v) is 24.3. The highest BCUT2D eigenvalue weighted by molar-refractivity contribution is 7.89. The number of benzene rings is 2. The molecule has 0 radical (unpaired) electrons. The lowest BCUT2D eigenvalue weighted by atomic mass is 9.86. The van der Waals surface area contributed by atoms with Crippen molar-refractivity contribution >= 4 is 39.0 Å². The third kappa shape index (κ3) is 8.03. The number of anilines is 1. The first-order chi connectivity index (χ1) is 18.9. The molecule has 40 heavy (non-hydrogen) atoms. The number of para-hydroxylation sites is 1. The fraction of sp³-hybridized carbons (Fsp3) is 0.393. The van der Waals surface area contributed by atoms with E-state index in [2.05, 4.69) is 20.3 Å². The van der Waals surface area contributed by atoms with Gasteiger partial charge < -0.3 is 20.5 Å². The summed E-state index contributed by atoms with van der Waals surface area (Å²) in [6.07, 6.45) is 3.71. The summed E-state index contributed by atoms with van der Waals surface area (Å²) in [5.74, 6) is 0.316. The number of hydrogen-bond acceptors (Lipinski definition) is 7. The lowest BCUT2D eigenvalue weighted by molar-refractivity contribution is -0.118. The maximum Gasteiger partial charge on any atom is 0.404 e. The Bertz CT molecular complexity index is 1440. The normalized spacial score (nSPS) is 17.7. The molecule has 3 aromatic rings. The predicted octanol–water partition coefficient (Wildman–Crippen LogP) is 5.20. The molecule has 0 bridgehead atoms. The predicted molar refractivity (Wildman–Crippen MR) is 154 cm³/mol. The minimum Gasteiger partial charge on any atom is -0.484 e. The van der Waals surface area contributed by atoms with E-state index in [0.29, 0.717) is 21.9 Å². The Hall–Kier alpha value is -3.48. The molecule has 4 rings (SSSR count). The molecule has 10 nitrogen and oxygen atoms in total. The number of nitrogens with one attached hydrogen (secondary N) is 3. The molecule has 0 spiro atoms. The summed E-state index contributed by atoms with van der Waals surface area (Å²) < 4.78 is 35.2. The van der Waals surface area contributed by atoms with E-state index < -0.39 is 27.6 Å². The highest BCUT2D eigenvalue weighted by Gasteiger charge is 2.29. The summed E-state index contributed by atoms with van der Waals surface area (Å²) in [5.41, 5.74) is 0.0920. The zero-order chi connectivity index (χ0) is 28.9. The monoisotopic (exact) mass is 586 g/mol. The lowest BCUT2D eigenvalue weighted by Crippen LogP contribution is -2.40. The molecular formula is C28H34N4O6S2. The second-order valence-corrected chi connectivity index (χ2v) is 13.5. The van der Waals surface area contributed by atoms with Gasteiger partial charge in [-0.05, 0) is 70.7 Å². The number of hydrogen-bond donors (Lipinski definition) is 4. The van der Waals surface area contributed by atoms with Crippen LogP contribution in [-0.4, -0.2) is 48.7 Å². The van der Waals surface area contributed by atoms with Gasteiger partial charge in [0.2, 0.25) is 10.0 Å². The largest absolute Gasteiger partial charge is 0.484 e. The Balaban J connectivity index is 1.56. The van der Waals surface area contributed by atoms with Gasteiger partial charge in [-0.2, -0.15) is 0 Å². The number of aromatic nitrogens is 1. The Labute approximate surface area is 238 Å². The first-order valence-electron chi connectivity index (χ1n) is 13.0. The molecule has 12 heteroatoms. The standard InChI is InChI=1S/C28H34N4O6S2/c1-28(2,3)32-40(36,37)24-15-20(30-25(33)17-38-21-7-5-4-6-8-21)13-14-22(24)23-16-29-26(39-23)18-9-11-19(12-10-18)31-27(34)35/h4-8,13-16,18-19,31-32H,9-12,17H2,1-3H3,(H,30,33)(H,34,35). The highest BCUT2D eigenvalue weighted by Crippen LogP contribution is 2.40. The van der Waals surface area contributed by atoms with Crippen molar-refractivity contribution in [3.05, 3.63) is 59.7 Å². The molecule has 2 aromatic carbocycles. The molecule has 0 aliphatic heterocycles. The van der Waals surface area contributed by atoms with E-state index in [9.17, 15) is 18.0 Å². The van der Waals surface area contributed by atoms with Gasteiger partial charge in [0.05, 0.1) is 14.8 Å². The Morgan fingerprint density at radius 2 is 1.77 bits per heavy atom. The van der Waals surface area contributed by atoms with Crippen LogP contribution in [0, 0.1) is 0 Å². The topological polar surface area (TPSA) is 147 Å². The molecule has 0 unspecified atom stereocenters. The molecule has 2 amide bonds. The molecule has 4 N–H and O–H groups in total. The number of rotatable bonds is 9. The second-order valence-electron chi connectivity index (χ2n) is 10.8. The summed E-state index contributed by atoms with van der Waals surface area (Å²) >= 11 is 1.43. The van der Waals surface area contributed by atoms with E-state index in [-0.39, 0.29) is 23.5 Å². The highest BCUT2D eigenvalue weighted by atomic mass is 32.2. The Morgan fingerprint density at radius 1 is 1.07 bits per heavy atom. The second kappa shape index (κ2) is 12.4. The van der Waals surface area contributed by atoms with Crippen molar-refractivity contribution < 1.29 is 27.9 Å². The SMILES string of the molecule is CC(C)(C)NS(=O)(=O)c1cc(NC(=O)COc2ccccc2)ccc1-c1cnc(C2CCC(NC(=O)O)CC2)s1. The Kier molecular flexibility index (Phi) is 9.12. The third-order valence-electron chi connectivity index (χ3n) is 6.30. The first kappa shape index (κ1) is 29.5. The van der Waals surface area contributed by atoms with Crippen LogP contribution < -0.4 is 20.1 Å². The van der Waals surface area contributed by atoms with Gasteiger partial charge >= 0.3 is 6.09 Å². The van der Waals surface area contributed by atoms with Gasteiger partial charge in [0, 0.05) is 34.9 Å². The van der Waals surface area contributed by atoms with Crippen LogP contribution in [0.15, 0.2) is 59.6 Å². The van der Waals surface area contributed by atoms with E-state index in [0.717, 1.165) is 30.7 Å².